The van der Waals surface area contributed by atoms with Crippen molar-refractivity contribution in [3.63, 3.8) is 0 Å². The SMILES string of the molecule is CN1CCCN(c2nccnc2C#N)CC1. The molecule has 0 unspecified atom stereocenters. The fraction of sp³-hybridized carbons (Fsp3) is 0.545. The van der Waals surface area contributed by atoms with Gasteiger partial charge in [-0.25, -0.2) is 9.97 Å². The van der Waals surface area contributed by atoms with Gasteiger partial charge in [-0.2, -0.15) is 5.26 Å². The van der Waals surface area contributed by atoms with Gasteiger partial charge in [-0.05, 0) is 20.0 Å². The van der Waals surface area contributed by atoms with E-state index in [4.69, 9.17) is 5.26 Å². The highest BCUT2D eigenvalue weighted by Crippen LogP contribution is 2.15. The third kappa shape index (κ3) is 2.28. The van der Waals surface area contributed by atoms with Crippen LogP contribution in [-0.2, 0) is 0 Å². The first kappa shape index (κ1) is 10.8. The Kier molecular flexibility index (Phi) is 3.32. The second-order valence-corrected chi connectivity index (χ2v) is 3.98. The molecule has 0 saturated carbocycles. The van der Waals surface area contributed by atoms with Crippen molar-refractivity contribution < 1.29 is 0 Å². The first-order valence-corrected chi connectivity index (χ1v) is 5.46. The van der Waals surface area contributed by atoms with Gasteiger partial charge in [-0.3, -0.25) is 0 Å². The summed E-state index contributed by atoms with van der Waals surface area (Å²) < 4.78 is 0. The molecule has 1 aromatic rings. The largest absolute Gasteiger partial charge is 0.353 e. The van der Waals surface area contributed by atoms with Crippen molar-refractivity contribution >= 4 is 5.82 Å². The van der Waals surface area contributed by atoms with Crippen LogP contribution < -0.4 is 4.90 Å². The van der Waals surface area contributed by atoms with Gasteiger partial charge in [0.25, 0.3) is 0 Å². The van der Waals surface area contributed by atoms with Gasteiger partial charge >= 0.3 is 0 Å². The van der Waals surface area contributed by atoms with Gasteiger partial charge < -0.3 is 9.80 Å². The smallest absolute Gasteiger partial charge is 0.183 e. The van der Waals surface area contributed by atoms with Crippen molar-refractivity contribution in [2.24, 2.45) is 0 Å². The predicted molar refractivity (Wildman–Crippen MR) is 61.1 cm³/mol. The highest BCUT2D eigenvalue weighted by Gasteiger charge is 2.16. The van der Waals surface area contributed by atoms with Gasteiger partial charge in [0.2, 0.25) is 0 Å². The number of rotatable bonds is 1. The van der Waals surface area contributed by atoms with E-state index in [-0.39, 0.29) is 0 Å². The molecule has 5 heteroatoms. The second-order valence-electron chi connectivity index (χ2n) is 3.98. The summed E-state index contributed by atoms with van der Waals surface area (Å²) in [7, 11) is 2.12. The van der Waals surface area contributed by atoms with Crippen LogP contribution >= 0.6 is 0 Å². The van der Waals surface area contributed by atoms with Gasteiger partial charge in [0.15, 0.2) is 11.5 Å². The van der Waals surface area contributed by atoms with Crippen LogP contribution in [0.1, 0.15) is 12.1 Å². The minimum absolute atomic E-state index is 0.423. The molecular formula is C11H15N5. The molecule has 0 amide bonds. The Morgan fingerprint density at radius 2 is 2.00 bits per heavy atom. The zero-order valence-corrected chi connectivity index (χ0v) is 9.43. The molecular weight excluding hydrogens is 202 g/mol. The third-order valence-electron chi connectivity index (χ3n) is 2.80. The van der Waals surface area contributed by atoms with Crippen LogP contribution in [0.2, 0.25) is 0 Å². The highest BCUT2D eigenvalue weighted by molar-refractivity contribution is 5.49. The van der Waals surface area contributed by atoms with Gasteiger partial charge in [-0.15, -0.1) is 0 Å². The number of hydrogen-bond donors (Lipinski definition) is 0. The second kappa shape index (κ2) is 4.90. The molecule has 2 rings (SSSR count). The van der Waals surface area contributed by atoms with Crippen molar-refractivity contribution in [1.29, 1.82) is 5.26 Å². The molecule has 5 nitrogen and oxygen atoms in total. The van der Waals surface area contributed by atoms with Crippen molar-refractivity contribution in [3.05, 3.63) is 18.1 Å². The zero-order chi connectivity index (χ0) is 11.4. The fourth-order valence-electron chi connectivity index (χ4n) is 1.90. The number of hydrogen-bond acceptors (Lipinski definition) is 5. The van der Waals surface area contributed by atoms with E-state index in [1.807, 2.05) is 0 Å². The van der Waals surface area contributed by atoms with E-state index in [1.54, 1.807) is 12.4 Å². The van der Waals surface area contributed by atoms with E-state index < -0.39 is 0 Å². The van der Waals surface area contributed by atoms with Crippen LogP contribution in [0, 0.1) is 11.3 Å². The summed E-state index contributed by atoms with van der Waals surface area (Å²) in [5, 5.41) is 8.98. The molecule has 0 N–H and O–H groups in total. The molecule has 0 radical (unpaired) electrons. The molecule has 1 fully saturated rings. The van der Waals surface area contributed by atoms with Gasteiger partial charge in [0.05, 0.1) is 0 Å². The standard InChI is InChI=1S/C11H15N5/c1-15-5-2-6-16(8-7-15)11-10(9-12)13-3-4-14-11/h3-4H,2,5-8H2,1H3. The topological polar surface area (TPSA) is 56.1 Å². The molecule has 0 atom stereocenters. The normalized spacial score (nSPS) is 17.9. The summed E-state index contributed by atoms with van der Waals surface area (Å²) in [6.07, 6.45) is 4.30. The Bertz CT molecular complexity index is 398. The number of nitrogens with zero attached hydrogens (tertiary/aromatic N) is 5. The van der Waals surface area contributed by atoms with Crippen LogP contribution in [0.5, 0.6) is 0 Å². The summed E-state index contributed by atoms with van der Waals surface area (Å²) in [5.41, 5.74) is 0.423. The van der Waals surface area contributed by atoms with E-state index in [2.05, 4.69) is 32.9 Å². The van der Waals surface area contributed by atoms with Crippen LogP contribution in [0.3, 0.4) is 0 Å². The molecule has 2 heterocycles. The summed E-state index contributed by atoms with van der Waals surface area (Å²) >= 11 is 0. The van der Waals surface area contributed by atoms with E-state index in [0.717, 1.165) is 38.4 Å². The molecule has 1 aliphatic rings. The summed E-state index contributed by atoms with van der Waals surface area (Å²) in [5.74, 6) is 0.723. The maximum Gasteiger partial charge on any atom is 0.183 e. The van der Waals surface area contributed by atoms with Crippen molar-refractivity contribution in [3.8, 4) is 6.07 Å². The molecule has 1 aliphatic heterocycles. The number of anilines is 1. The molecule has 0 bridgehead atoms. The average molecular weight is 217 g/mol. The summed E-state index contributed by atoms with van der Waals surface area (Å²) in [6, 6.07) is 2.10. The maximum absolute atomic E-state index is 8.98. The quantitative estimate of drug-likeness (QED) is 0.685. The van der Waals surface area contributed by atoms with Gasteiger partial charge in [0, 0.05) is 32.0 Å². The Hall–Kier alpha value is -1.67. The van der Waals surface area contributed by atoms with E-state index >= 15 is 0 Å². The van der Waals surface area contributed by atoms with Crippen LogP contribution in [0.4, 0.5) is 5.82 Å². The lowest BCUT2D eigenvalue weighted by Gasteiger charge is -2.21. The van der Waals surface area contributed by atoms with Crippen LogP contribution in [0.15, 0.2) is 12.4 Å². The Labute approximate surface area is 95.3 Å². The first-order valence-electron chi connectivity index (χ1n) is 5.46. The third-order valence-corrected chi connectivity index (χ3v) is 2.80. The zero-order valence-electron chi connectivity index (χ0n) is 9.43. The number of aromatic nitrogens is 2. The minimum atomic E-state index is 0.423. The molecule has 1 saturated heterocycles. The van der Waals surface area contributed by atoms with E-state index in [9.17, 15) is 0 Å². The average Bonchev–Trinajstić information content (AvgIpc) is 2.54. The lowest BCUT2D eigenvalue weighted by Crippen LogP contribution is -2.30. The van der Waals surface area contributed by atoms with Crippen molar-refractivity contribution in [2.75, 3.05) is 38.1 Å². The number of likely N-dealkylation sites (N-methyl/N-ethyl adjacent to an activating group) is 1. The first-order chi connectivity index (χ1) is 7.81. The summed E-state index contributed by atoms with van der Waals surface area (Å²) in [6.45, 7) is 3.95. The lowest BCUT2D eigenvalue weighted by molar-refractivity contribution is 0.360. The highest BCUT2D eigenvalue weighted by atomic mass is 15.2. The van der Waals surface area contributed by atoms with Crippen molar-refractivity contribution in [2.45, 2.75) is 6.42 Å². The van der Waals surface area contributed by atoms with Gasteiger partial charge in [-0.1, -0.05) is 0 Å². The number of nitriles is 1. The Morgan fingerprint density at radius 3 is 2.81 bits per heavy atom. The maximum atomic E-state index is 8.98. The lowest BCUT2D eigenvalue weighted by atomic mass is 10.3. The minimum Gasteiger partial charge on any atom is -0.353 e. The van der Waals surface area contributed by atoms with Gasteiger partial charge in [0.1, 0.15) is 6.07 Å². The molecule has 16 heavy (non-hydrogen) atoms. The van der Waals surface area contributed by atoms with E-state index in [0.29, 0.717) is 5.69 Å². The van der Waals surface area contributed by atoms with Crippen LogP contribution in [0.25, 0.3) is 0 Å². The fourth-order valence-corrected chi connectivity index (χ4v) is 1.90. The van der Waals surface area contributed by atoms with Crippen LogP contribution in [-0.4, -0.2) is 48.1 Å². The predicted octanol–water partition coefficient (Wildman–Crippen LogP) is 0.490. The van der Waals surface area contributed by atoms with E-state index in [1.165, 1.54) is 0 Å². The Balaban J connectivity index is 2.20. The van der Waals surface area contributed by atoms with Crippen molar-refractivity contribution in [1.82, 2.24) is 14.9 Å². The molecule has 84 valence electrons. The Morgan fingerprint density at radius 1 is 1.19 bits per heavy atom. The summed E-state index contributed by atoms with van der Waals surface area (Å²) in [4.78, 5) is 12.7. The molecule has 0 spiro atoms. The molecule has 0 aromatic carbocycles. The monoisotopic (exact) mass is 217 g/mol. The molecule has 1 aromatic heterocycles. The molecule has 0 aliphatic carbocycles.